The third-order valence-electron chi connectivity index (χ3n) is 19.6. The lowest BCUT2D eigenvalue weighted by Gasteiger charge is -2.36. The lowest BCUT2D eigenvalue weighted by atomic mass is 9.78. The number of phenolic OH excluding ortho intramolecular Hbond substituents is 1. The Bertz CT molecular complexity index is 4200. The van der Waals surface area contributed by atoms with Gasteiger partial charge in [-0.2, -0.15) is 23.5 Å². The monoisotopic (exact) mass is 1580 g/mol. The number of aromatic amines is 1. The van der Waals surface area contributed by atoms with E-state index in [2.05, 4.69) is 52.5 Å². The van der Waals surface area contributed by atoms with Gasteiger partial charge in [0.25, 0.3) is 0 Å². The number of carbonyl (C=O) groups is 12. The highest BCUT2D eigenvalue weighted by Gasteiger charge is 2.46. The van der Waals surface area contributed by atoms with E-state index < -0.39 is 180 Å². The van der Waals surface area contributed by atoms with Crippen LogP contribution in [0, 0.1) is 23.2 Å². The molecule has 4 heterocycles. The molecule has 10 amide bonds. The van der Waals surface area contributed by atoms with Gasteiger partial charge in [0.2, 0.25) is 59.1 Å². The van der Waals surface area contributed by atoms with Crippen molar-refractivity contribution >= 4 is 113 Å². The number of aliphatic hydroxyl groups excluding tert-OH is 2. The summed E-state index contributed by atoms with van der Waals surface area (Å²) in [5.74, 6) is -12.5. The summed E-state index contributed by atoms with van der Waals surface area (Å²) in [5, 5.41) is 54.7. The Morgan fingerprint density at radius 2 is 1.35 bits per heavy atom. The Kier molecular flexibility index (Phi) is 30.9. The summed E-state index contributed by atoms with van der Waals surface area (Å²) < 4.78 is 16.4. The van der Waals surface area contributed by atoms with Crippen LogP contribution in [0.15, 0.2) is 97.3 Å². The predicted octanol–water partition coefficient (Wildman–Crippen LogP) is 3.13. The van der Waals surface area contributed by atoms with Crippen LogP contribution in [-0.2, 0) is 92.9 Å². The maximum atomic E-state index is 15.0. The molecule has 2 aromatic heterocycles. The first-order chi connectivity index (χ1) is 51.5. The number of aromatic nitrogens is 2. The number of primary amides is 1. The number of hydrogen-bond donors (Lipinski definition) is 15. The summed E-state index contributed by atoms with van der Waals surface area (Å²) in [6, 6.07) is 12.1. The van der Waals surface area contributed by atoms with Crippen molar-refractivity contribution < 1.29 is 91.7 Å². The topological polar surface area (TPSA) is 486 Å². The van der Waals surface area contributed by atoms with Crippen molar-refractivity contribution in [2.45, 2.75) is 205 Å². The summed E-state index contributed by atoms with van der Waals surface area (Å²) in [6.45, 7) is 16.3. The van der Waals surface area contributed by atoms with Gasteiger partial charge in [-0.05, 0) is 136 Å². The lowest BCUT2D eigenvalue weighted by Crippen LogP contribution is -2.63. The molecule has 31 nitrogen and oxygen atoms in total. The number of pyridine rings is 1. The molecule has 0 radical (unpaired) electrons. The molecule has 0 unspecified atom stereocenters. The number of carbonyl (C=O) groups excluding carboxylic acids is 12. The van der Waals surface area contributed by atoms with Gasteiger partial charge in [0.1, 0.15) is 58.9 Å². The van der Waals surface area contributed by atoms with Crippen LogP contribution in [0.4, 0.5) is 0 Å². The number of benzene rings is 3. The van der Waals surface area contributed by atoms with Gasteiger partial charge in [0.15, 0.2) is 11.6 Å². The minimum absolute atomic E-state index is 0.0114. The zero-order chi connectivity index (χ0) is 81.3. The molecule has 0 spiro atoms. The lowest BCUT2D eigenvalue weighted by molar-refractivity contribution is -0.143. The average molecular weight is 1580 g/mol. The van der Waals surface area contributed by atoms with E-state index in [1.54, 1.807) is 65.1 Å². The van der Waals surface area contributed by atoms with E-state index in [-0.39, 0.29) is 55.9 Å². The number of Topliss-reactive ketones (excluding diaryl/α,β-unsaturated/α-hetero) is 2. The SMILES string of the molecule is CC(C)[C@]1(C)NC(=O)[C@H](Cc2ccc(OP(=O)(O)O)cc2)CC(=O)[C@H](C)NC(=O)C(C)(C)NC(=O)[C@H](Cc2c[nH]c3ncccc23)NC(=O)[C@H]([C@@H](C)O)NC(=O)[C@@H]2CCCN2C(=O)[C@H](Cc2ccc(O)cc2)NC(=O)[C@H](C(C)(C)C)NC(=O)CCSCc2cccc(c2)CSC[C@@H](C(N)=O)NC(=O)[C@H]([C@H](C)O)CC1=O. The molecule has 0 aliphatic carbocycles. The van der Waals surface area contributed by atoms with Crippen molar-refractivity contribution in [2.75, 3.05) is 18.1 Å². The molecular weight excluding hydrogens is 1480 g/mol. The number of ketones is 2. The van der Waals surface area contributed by atoms with Crippen LogP contribution >= 0.6 is 31.3 Å². The van der Waals surface area contributed by atoms with E-state index in [0.717, 1.165) is 11.1 Å². The fraction of sp³-hybridized carbons (Fsp3) is 0.513. The third kappa shape index (κ3) is 24.9. The number of rotatable bonds is 12. The first kappa shape index (κ1) is 88.0. The molecule has 3 aromatic carbocycles. The van der Waals surface area contributed by atoms with Crippen LogP contribution < -0.4 is 52.8 Å². The van der Waals surface area contributed by atoms with E-state index in [1.807, 2.05) is 24.3 Å². The number of amides is 10. The fourth-order valence-corrected chi connectivity index (χ4v) is 15.0. The number of aromatic hydroxyl groups is 1. The Balaban J connectivity index is 1.21. The molecule has 2 aliphatic heterocycles. The van der Waals surface area contributed by atoms with E-state index in [0.29, 0.717) is 51.4 Å². The standard InChI is InChI=1S/C76H103N12O19PS2/c1-41(2)76(11)60(93)36-54(43(4)89)67(97)83-57(64(77)95)40-110-39-48-16-12-15-47(31-48)38-109-30-27-61(94)84-63(74(6,7)8)71(101)82-56(33-46-19-23-51(91)24-20-46)72(102)88-29-14-18-58(88)69(99)85-62(44(5)90)70(100)81-55(34-50-37-79-65-53(50)17-13-28-78-65)68(98)86-75(9,10)73(103)80-42(3)59(92)35-49(66(96)87-76)32-45-21-25-52(26-22-45)107-108(104,105)106/h12-13,15-17,19-26,28,31,37,41-44,49,54-58,62-63,89-91H,14,18,27,29-30,32-36,38-40H2,1-11H3,(H2,77,95)(H,78,79)(H,80,103)(H,81,100)(H,82,101)(H,83,97)(H,84,94)(H,85,99)(H,86,98)(H,87,96)(H2,104,105,106)/t42-,43-,44+,49+,54-,55-,56-,57-,58-,62-,63+,76-/m0/s1. The number of nitrogens with two attached hydrogens (primary N) is 1. The Hall–Kier alpha value is -9.24. The minimum Gasteiger partial charge on any atom is -0.508 e. The number of phosphoric acid groups is 1. The molecule has 0 saturated carbocycles. The number of H-pyrrole nitrogens is 1. The van der Waals surface area contributed by atoms with E-state index in [9.17, 15) is 82.4 Å². The highest BCUT2D eigenvalue weighted by atomic mass is 32.2. The first-order valence-electron chi connectivity index (χ1n) is 36.3. The van der Waals surface area contributed by atoms with Crippen LogP contribution in [0.1, 0.15) is 136 Å². The molecule has 7 rings (SSSR count). The van der Waals surface area contributed by atoms with Gasteiger partial charge in [0, 0.05) is 85.4 Å². The van der Waals surface area contributed by atoms with Gasteiger partial charge in [-0.15, -0.1) is 0 Å². The van der Waals surface area contributed by atoms with Crippen molar-refractivity contribution in [2.24, 2.45) is 28.9 Å². The van der Waals surface area contributed by atoms with Gasteiger partial charge in [0.05, 0.1) is 29.7 Å². The summed E-state index contributed by atoms with van der Waals surface area (Å²) >= 11 is 2.72. The summed E-state index contributed by atoms with van der Waals surface area (Å²) in [6.07, 6.45) is -1.65. The molecule has 1 fully saturated rings. The molecule has 1 saturated heterocycles. The Morgan fingerprint density at radius 3 is 1.97 bits per heavy atom. The quantitative estimate of drug-likeness (QED) is 0.0798. The van der Waals surface area contributed by atoms with Crippen molar-refractivity contribution in [1.29, 1.82) is 0 Å². The zero-order valence-electron chi connectivity index (χ0n) is 63.5. The first-order valence-corrected chi connectivity index (χ1v) is 40.1. The van der Waals surface area contributed by atoms with Crippen LogP contribution in [-0.4, -0.2) is 194 Å². The molecular formula is C76H103N12O19PS2. The van der Waals surface area contributed by atoms with E-state index >= 15 is 4.79 Å². The Morgan fingerprint density at radius 1 is 0.718 bits per heavy atom. The molecule has 12 atom stereocenters. The predicted molar refractivity (Wildman–Crippen MR) is 412 cm³/mol. The van der Waals surface area contributed by atoms with Gasteiger partial charge >= 0.3 is 7.82 Å². The van der Waals surface area contributed by atoms with Gasteiger partial charge in [-0.3, -0.25) is 67.3 Å². The van der Waals surface area contributed by atoms with Crippen LogP contribution in [0.3, 0.4) is 0 Å². The third-order valence-corrected chi connectivity index (χ3v) is 22.2. The summed E-state index contributed by atoms with van der Waals surface area (Å²) in [4.78, 5) is 201. The maximum Gasteiger partial charge on any atom is 0.524 e. The van der Waals surface area contributed by atoms with Gasteiger partial charge in [-0.1, -0.05) is 83.1 Å². The number of phosphoric ester groups is 1. The van der Waals surface area contributed by atoms with Crippen LogP contribution in [0.25, 0.3) is 11.0 Å². The van der Waals surface area contributed by atoms with Crippen molar-refractivity contribution in [3.63, 3.8) is 0 Å². The fourth-order valence-electron chi connectivity index (χ4n) is 12.7. The number of fused-ring (bicyclic) bond motifs is 4. The van der Waals surface area contributed by atoms with Crippen LogP contribution in [0.5, 0.6) is 11.5 Å². The summed E-state index contributed by atoms with van der Waals surface area (Å²) in [5.41, 5.74) is 4.65. The van der Waals surface area contributed by atoms with Crippen LogP contribution in [0.2, 0.25) is 0 Å². The second-order valence-electron chi connectivity index (χ2n) is 30.2. The van der Waals surface area contributed by atoms with E-state index in [4.69, 9.17) is 10.3 Å². The minimum atomic E-state index is -5.00. The van der Waals surface area contributed by atoms with Gasteiger partial charge < -0.3 is 78.0 Å². The highest BCUT2D eigenvalue weighted by molar-refractivity contribution is 7.98. The van der Waals surface area contributed by atoms with Crippen molar-refractivity contribution in [1.82, 2.24) is 57.4 Å². The molecule has 5 aromatic rings. The Labute approximate surface area is 647 Å². The number of phenols is 1. The van der Waals surface area contributed by atoms with E-state index in [1.165, 1.54) is 113 Å². The average Bonchev–Trinajstić information content (AvgIpc) is 0.993. The number of aliphatic hydroxyl groups is 2. The number of thioether (sulfide) groups is 2. The zero-order valence-corrected chi connectivity index (χ0v) is 66.1. The normalized spacial score (nSPS) is 25.3. The van der Waals surface area contributed by atoms with Crippen molar-refractivity contribution in [3.05, 3.63) is 125 Å². The molecule has 2 bridgehead atoms. The summed E-state index contributed by atoms with van der Waals surface area (Å²) in [7, 11) is -5.00. The second kappa shape index (κ2) is 38.6. The maximum absolute atomic E-state index is 15.0. The molecule has 34 heteroatoms. The highest BCUT2D eigenvalue weighted by Crippen LogP contribution is 2.38. The molecule has 110 heavy (non-hydrogen) atoms. The number of nitrogens with one attached hydrogen (secondary N) is 9. The smallest absolute Gasteiger partial charge is 0.508 e. The molecule has 16 N–H and O–H groups in total. The largest absolute Gasteiger partial charge is 0.524 e. The molecule has 2 aliphatic rings. The van der Waals surface area contributed by atoms with Crippen molar-refractivity contribution in [3.8, 4) is 11.5 Å². The molecule has 598 valence electrons. The second-order valence-corrected chi connectivity index (χ2v) is 33.5. The number of hydrogen-bond acceptors (Lipinski definition) is 20. The van der Waals surface area contributed by atoms with Gasteiger partial charge in [-0.25, -0.2) is 9.55 Å². The number of nitrogens with zero attached hydrogens (tertiary/aromatic N) is 2.